The topological polar surface area (TPSA) is 52.0 Å². The standard InChI is InChI=1S/C10H12F2N2O/c11-10(12)4-9(5-10)2-6(3-9)7-1-8(13)15-14-7/h1,6H,2-5,13H2. The first-order valence-electron chi connectivity index (χ1n) is 5.08. The predicted molar refractivity (Wildman–Crippen MR) is 49.5 cm³/mol. The maximum absolute atomic E-state index is 12.7. The van der Waals surface area contributed by atoms with Crippen molar-refractivity contribution in [3.05, 3.63) is 11.8 Å². The Balaban J connectivity index is 1.63. The molecular weight excluding hydrogens is 202 g/mol. The van der Waals surface area contributed by atoms with Gasteiger partial charge < -0.3 is 10.3 Å². The zero-order valence-corrected chi connectivity index (χ0v) is 8.17. The average Bonchev–Trinajstić information content (AvgIpc) is 2.42. The first-order valence-corrected chi connectivity index (χ1v) is 5.08. The lowest BCUT2D eigenvalue weighted by atomic mass is 9.50. The van der Waals surface area contributed by atoms with Gasteiger partial charge in [-0.05, 0) is 18.3 Å². The molecule has 0 bridgehead atoms. The summed E-state index contributed by atoms with van der Waals surface area (Å²) in [5, 5.41) is 3.81. The highest BCUT2D eigenvalue weighted by molar-refractivity contribution is 5.29. The highest BCUT2D eigenvalue weighted by Gasteiger charge is 2.62. The summed E-state index contributed by atoms with van der Waals surface area (Å²) in [6, 6.07) is 1.69. The van der Waals surface area contributed by atoms with E-state index in [-0.39, 0.29) is 24.2 Å². The minimum atomic E-state index is -2.42. The van der Waals surface area contributed by atoms with E-state index in [4.69, 9.17) is 10.3 Å². The lowest BCUT2D eigenvalue weighted by Gasteiger charge is -2.56. The van der Waals surface area contributed by atoms with Crippen LogP contribution in [0.15, 0.2) is 10.6 Å². The molecule has 1 aromatic heterocycles. The van der Waals surface area contributed by atoms with Gasteiger partial charge in [0.1, 0.15) is 0 Å². The number of halogens is 2. The summed E-state index contributed by atoms with van der Waals surface area (Å²) < 4.78 is 30.2. The van der Waals surface area contributed by atoms with Gasteiger partial charge in [0.15, 0.2) is 0 Å². The van der Waals surface area contributed by atoms with Crippen LogP contribution >= 0.6 is 0 Å². The summed E-state index contributed by atoms with van der Waals surface area (Å²) in [7, 11) is 0. The third kappa shape index (κ3) is 1.33. The van der Waals surface area contributed by atoms with Crippen molar-refractivity contribution in [2.75, 3.05) is 5.73 Å². The summed E-state index contributed by atoms with van der Waals surface area (Å²) in [5.74, 6) is -1.86. The van der Waals surface area contributed by atoms with Gasteiger partial charge in [0.05, 0.1) is 5.69 Å². The zero-order chi connectivity index (χ0) is 10.7. The van der Waals surface area contributed by atoms with Crippen LogP contribution in [0.1, 0.15) is 37.3 Å². The first kappa shape index (κ1) is 9.12. The molecule has 1 spiro atoms. The van der Waals surface area contributed by atoms with Crippen molar-refractivity contribution in [1.82, 2.24) is 5.16 Å². The molecule has 2 saturated carbocycles. The fourth-order valence-corrected chi connectivity index (χ4v) is 3.03. The molecule has 5 heteroatoms. The van der Waals surface area contributed by atoms with Gasteiger partial charge >= 0.3 is 0 Å². The van der Waals surface area contributed by atoms with Crippen molar-refractivity contribution in [1.29, 1.82) is 0 Å². The molecule has 0 aromatic carbocycles. The predicted octanol–water partition coefficient (Wildman–Crippen LogP) is 2.55. The van der Waals surface area contributed by atoms with E-state index in [0.29, 0.717) is 5.88 Å². The lowest BCUT2D eigenvalue weighted by molar-refractivity contribution is -0.196. The van der Waals surface area contributed by atoms with Crippen LogP contribution in [-0.2, 0) is 0 Å². The molecular formula is C10H12F2N2O. The van der Waals surface area contributed by atoms with Gasteiger partial charge in [-0.25, -0.2) is 8.78 Å². The molecule has 82 valence electrons. The summed E-state index contributed by atoms with van der Waals surface area (Å²) in [6.45, 7) is 0. The quantitative estimate of drug-likeness (QED) is 0.781. The number of alkyl halides is 2. The largest absolute Gasteiger partial charge is 0.368 e. The number of nitrogen functional groups attached to an aromatic ring is 1. The van der Waals surface area contributed by atoms with Gasteiger partial charge in [0, 0.05) is 24.8 Å². The van der Waals surface area contributed by atoms with Crippen molar-refractivity contribution in [3.8, 4) is 0 Å². The minimum Gasteiger partial charge on any atom is -0.368 e. The fraction of sp³-hybridized carbons (Fsp3) is 0.700. The highest BCUT2D eigenvalue weighted by Crippen LogP contribution is 2.66. The minimum absolute atomic E-state index is 0.0455. The summed E-state index contributed by atoms with van der Waals surface area (Å²) >= 11 is 0. The Morgan fingerprint density at radius 2 is 2.07 bits per heavy atom. The number of aromatic nitrogens is 1. The normalized spacial score (nSPS) is 27.3. The Kier molecular flexibility index (Phi) is 1.53. The van der Waals surface area contributed by atoms with Crippen molar-refractivity contribution >= 4 is 5.88 Å². The summed E-state index contributed by atoms with van der Waals surface area (Å²) in [6.07, 6.45) is 1.69. The molecule has 15 heavy (non-hydrogen) atoms. The molecule has 3 rings (SSSR count). The first-order chi connectivity index (χ1) is 6.98. The van der Waals surface area contributed by atoms with Crippen LogP contribution < -0.4 is 5.73 Å². The second kappa shape index (κ2) is 2.51. The van der Waals surface area contributed by atoms with E-state index in [1.807, 2.05) is 0 Å². The van der Waals surface area contributed by atoms with Gasteiger partial charge in [-0.2, -0.15) is 0 Å². The van der Waals surface area contributed by atoms with Gasteiger partial charge in [0.2, 0.25) is 11.8 Å². The summed E-state index contributed by atoms with van der Waals surface area (Å²) in [5.41, 5.74) is 6.11. The molecule has 0 amide bonds. The second-order valence-electron chi connectivity index (χ2n) is 4.97. The molecule has 2 N–H and O–H groups in total. The van der Waals surface area contributed by atoms with E-state index in [2.05, 4.69) is 5.16 Å². The van der Waals surface area contributed by atoms with Crippen LogP contribution in [0.4, 0.5) is 14.7 Å². The highest BCUT2D eigenvalue weighted by atomic mass is 19.3. The van der Waals surface area contributed by atoms with E-state index < -0.39 is 5.92 Å². The molecule has 2 aliphatic rings. The number of hydrogen-bond acceptors (Lipinski definition) is 3. The van der Waals surface area contributed by atoms with E-state index in [9.17, 15) is 8.78 Å². The molecule has 0 atom stereocenters. The van der Waals surface area contributed by atoms with E-state index >= 15 is 0 Å². The van der Waals surface area contributed by atoms with E-state index in [1.54, 1.807) is 6.07 Å². The SMILES string of the molecule is Nc1cc(C2CC3(C2)CC(F)(F)C3)no1. The summed E-state index contributed by atoms with van der Waals surface area (Å²) in [4.78, 5) is 0. The molecule has 3 nitrogen and oxygen atoms in total. The van der Waals surface area contributed by atoms with Crippen LogP contribution in [0.2, 0.25) is 0 Å². The molecule has 1 heterocycles. The van der Waals surface area contributed by atoms with Crippen LogP contribution in [0, 0.1) is 5.41 Å². The fourth-order valence-electron chi connectivity index (χ4n) is 3.03. The van der Waals surface area contributed by atoms with Gasteiger partial charge in [-0.15, -0.1) is 0 Å². The third-order valence-electron chi connectivity index (χ3n) is 3.59. The Labute approximate surface area is 85.6 Å². The Bertz CT molecular complexity index is 386. The van der Waals surface area contributed by atoms with Crippen molar-refractivity contribution < 1.29 is 13.3 Å². The van der Waals surface area contributed by atoms with Crippen LogP contribution in [0.5, 0.6) is 0 Å². The van der Waals surface area contributed by atoms with Gasteiger partial charge in [-0.3, -0.25) is 0 Å². The maximum Gasteiger partial charge on any atom is 0.249 e. The molecule has 1 aromatic rings. The smallest absolute Gasteiger partial charge is 0.249 e. The zero-order valence-electron chi connectivity index (χ0n) is 8.17. The second-order valence-corrected chi connectivity index (χ2v) is 4.97. The molecule has 2 fully saturated rings. The van der Waals surface area contributed by atoms with Crippen LogP contribution in [-0.4, -0.2) is 11.1 Å². The Morgan fingerprint density at radius 1 is 1.40 bits per heavy atom. The van der Waals surface area contributed by atoms with Crippen molar-refractivity contribution in [2.24, 2.45) is 5.41 Å². The monoisotopic (exact) mass is 214 g/mol. The van der Waals surface area contributed by atoms with E-state index in [1.165, 1.54) is 0 Å². The number of nitrogens with zero attached hydrogens (tertiary/aromatic N) is 1. The molecule has 0 radical (unpaired) electrons. The van der Waals surface area contributed by atoms with Gasteiger partial charge in [-0.1, -0.05) is 5.16 Å². The molecule has 0 saturated heterocycles. The lowest BCUT2D eigenvalue weighted by Crippen LogP contribution is -2.52. The number of anilines is 1. The van der Waals surface area contributed by atoms with Crippen molar-refractivity contribution in [3.63, 3.8) is 0 Å². The van der Waals surface area contributed by atoms with Crippen molar-refractivity contribution in [2.45, 2.75) is 37.5 Å². The number of hydrogen-bond donors (Lipinski definition) is 1. The molecule has 0 aliphatic heterocycles. The maximum atomic E-state index is 12.7. The third-order valence-corrected chi connectivity index (χ3v) is 3.59. The number of nitrogens with two attached hydrogens (primary N) is 1. The molecule has 0 unspecified atom stereocenters. The van der Waals surface area contributed by atoms with Crippen LogP contribution in [0.3, 0.4) is 0 Å². The average molecular weight is 214 g/mol. The van der Waals surface area contributed by atoms with E-state index in [0.717, 1.165) is 18.5 Å². The Morgan fingerprint density at radius 3 is 2.53 bits per heavy atom. The number of rotatable bonds is 1. The molecule has 2 aliphatic carbocycles. The van der Waals surface area contributed by atoms with Crippen LogP contribution in [0.25, 0.3) is 0 Å². The van der Waals surface area contributed by atoms with Gasteiger partial charge in [0.25, 0.3) is 0 Å². The Hall–Kier alpha value is -1.13.